The van der Waals surface area contributed by atoms with Crippen LogP contribution in [-0.2, 0) is 6.54 Å². The van der Waals surface area contributed by atoms with Gasteiger partial charge in [-0.15, -0.1) is 10.2 Å². The number of piperidine rings is 1. The van der Waals surface area contributed by atoms with Crippen LogP contribution in [0.1, 0.15) is 19.3 Å². The van der Waals surface area contributed by atoms with E-state index in [4.69, 9.17) is 16.6 Å². The Morgan fingerprint density at radius 1 is 1.00 bits per heavy atom. The molecule has 0 unspecified atom stereocenters. The molecule has 2 fully saturated rings. The van der Waals surface area contributed by atoms with Crippen LogP contribution in [0.3, 0.4) is 0 Å². The molecule has 172 valence electrons. The van der Waals surface area contributed by atoms with E-state index in [0.29, 0.717) is 41.1 Å². The Hall–Kier alpha value is -3.01. The molecule has 1 N–H and O–H groups in total. The summed E-state index contributed by atoms with van der Waals surface area (Å²) in [5, 5.41) is 16.5. The molecule has 6 rings (SSSR count). The number of rotatable bonds is 4. The van der Waals surface area contributed by atoms with E-state index in [1.807, 2.05) is 15.6 Å². The van der Waals surface area contributed by atoms with Gasteiger partial charge in [-0.2, -0.15) is 10.1 Å². The van der Waals surface area contributed by atoms with Gasteiger partial charge in [-0.05, 0) is 43.2 Å². The molecule has 0 amide bonds. The number of benzene rings is 1. The minimum absolute atomic E-state index is 0.285. The summed E-state index contributed by atoms with van der Waals surface area (Å²) >= 11 is 6.04. The van der Waals surface area contributed by atoms with Crippen molar-refractivity contribution in [2.45, 2.75) is 31.8 Å². The zero-order chi connectivity index (χ0) is 22.5. The Balaban J connectivity index is 1.21. The molecule has 11 heteroatoms. The van der Waals surface area contributed by atoms with Gasteiger partial charge in [-0.3, -0.25) is 0 Å². The molecule has 0 spiro atoms. The topological polar surface area (TPSA) is 75.0 Å². The van der Waals surface area contributed by atoms with E-state index < -0.39 is 11.6 Å². The lowest BCUT2D eigenvalue weighted by Crippen LogP contribution is -2.48. The second kappa shape index (κ2) is 8.09. The van der Waals surface area contributed by atoms with Crippen molar-refractivity contribution in [3.8, 4) is 0 Å². The molecule has 3 atom stereocenters. The Kier molecular flexibility index (Phi) is 5.05. The fraction of sp³-hybridized carbons (Fsp3) is 0.455. The summed E-state index contributed by atoms with van der Waals surface area (Å²) in [5.41, 5.74) is 1.58. The van der Waals surface area contributed by atoms with Crippen LogP contribution in [0, 0.1) is 23.5 Å². The maximum Gasteiger partial charge on any atom is 0.244 e. The van der Waals surface area contributed by atoms with E-state index in [2.05, 4.69) is 25.5 Å². The summed E-state index contributed by atoms with van der Waals surface area (Å²) in [7, 11) is 0. The number of hydrogen-bond acceptors (Lipinski definition) is 7. The minimum atomic E-state index is -0.864. The van der Waals surface area contributed by atoms with Gasteiger partial charge < -0.3 is 15.1 Å². The normalized spacial score (nSPS) is 24.2. The van der Waals surface area contributed by atoms with Crippen LogP contribution < -0.4 is 15.1 Å². The third-order valence-corrected chi connectivity index (χ3v) is 7.15. The lowest BCUT2D eigenvalue weighted by atomic mass is 9.92. The van der Waals surface area contributed by atoms with Crippen LogP contribution in [0.25, 0.3) is 0 Å². The monoisotopic (exact) mass is 472 g/mol. The highest BCUT2D eigenvalue weighted by atomic mass is 35.5. The lowest BCUT2D eigenvalue weighted by Gasteiger charge is -2.39. The third-order valence-electron chi connectivity index (χ3n) is 6.97. The van der Waals surface area contributed by atoms with Crippen LogP contribution in [0.15, 0.2) is 30.5 Å². The molecule has 1 saturated carbocycles. The zero-order valence-corrected chi connectivity index (χ0v) is 18.6. The number of aromatic nitrogens is 5. The van der Waals surface area contributed by atoms with Gasteiger partial charge in [0.1, 0.15) is 0 Å². The lowest BCUT2D eigenvalue weighted by molar-refractivity contribution is 0.376. The Morgan fingerprint density at radius 3 is 2.58 bits per heavy atom. The predicted octanol–water partition coefficient (Wildman–Crippen LogP) is 3.87. The van der Waals surface area contributed by atoms with E-state index in [-0.39, 0.29) is 6.04 Å². The molecule has 1 aliphatic carbocycles. The molecule has 1 aromatic carbocycles. The Bertz CT molecular complexity index is 1170. The quantitative estimate of drug-likeness (QED) is 0.617. The molecule has 33 heavy (non-hydrogen) atoms. The second-order valence-corrected chi connectivity index (χ2v) is 9.36. The predicted molar refractivity (Wildman–Crippen MR) is 121 cm³/mol. The summed E-state index contributed by atoms with van der Waals surface area (Å²) in [6.45, 7) is 3.23. The summed E-state index contributed by atoms with van der Waals surface area (Å²) < 4.78 is 29.1. The highest BCUT2D eigenvalue weighted by Crippen LogP contribution is 2.40. The molecule has 4 heterocycles. The fourth-order valence-electron chi connectivity index (χ4n) is 5.44. The van der Waals surface area contributed by atoms with Crippen molar-refractivity contribution in [2.75, 3.05) is 34.8 Å². The van der Waals surface area contributed by atoms with Gasteiger partial charge in [0.15, 0.2) is 16.8 Å². The van der Waals surface area contributed by atoms with Crippen LogP contribution >= 0.6 is 11.6 Å². The molecular weight excluding hydrogens is 450 g/mol. The van der Waals surface area contributed by atoms with Crippen molar-refractivity contribution in [1.29, 1.82) is 0 Å². The van der Waals surface area contributed by atoms with Crippen LogP contribution in [-0.4, -0.2) is 50.6 Å². The number of anilines is 4. The molecule has 8 nitrogen and oxygen atoms in total. The maximum atomic E-state index is 13.8. The number of nitrogens with one attached hydrogen (secondary N) is 1. The van der Waals surface area contributed by atoms with Crippen molar-refractivity contribution in [3.63, 3.8) is 0 Å². The van der Waals surface area contributed by atoms with Crippen molar-refractivity contribution < 1.29 is 8.78 Å². The first-order valence-electron chi connectivity index (χ1n) is 11.2. The molecule has 3 aromatic rings. The largest absolute Gasteiger partial charge is 0.369 e. The van der Waals surface area contributed by atoms with E-state index in [9.17, 15) is 8.78 Å². The SMILES string of the molecule is Fc1ccc(N2CCCn3nc(N[C@@H]4[C@@H]5CC[C@H]4CN(c4cnnc(Cl)c4)C5)nc32)cc1F. The summed E-state index contributed by atoms with van der Waals surface area (Å²) in [6.07, 6.45) is 4.89. The average molecular weight is 473 g/mol. The summed E-state index contributed by atoms with van der Waals surface area (Å²) in [4.78, 5) is 8.96. The fourth-order valence-corrected chi connectivity index (χ4v) is 5.60. The van der Waals surface area contributed by atoms with E-state index in [0.717, 1.165) is 50.7 Å². The molecule has 2 bridgehead atoms. The molecule has 3 aliphatic rings. The number of halogens is 3. The number of hydrogen-bond donors (Lipinski definition) is 1. The highest BCUT2D eigenvalue weighted by Gasteiger charge is 2.43. The molecule has 2 aromatic heterocycles. The van der Waals surface area contributed by atoms with Gasteiger partial charge in [0.05, 0.1) is 11.9 Å². The zero-order valence-electron chi connectivity index (χ0n) is 17.8. The third kappa shape index (κ3) is 3.76. The molecule has 0 radical (unpaired) electrons. The minimum Gasteiger partial charge on any atom is -0.369 e. The van der Waals surface area contributed by atoms with E-state index in [1.165, 1.54) is 6.07 Å². The first-order chi connectivity index (χ1) is 16.0. The molecular formula is C22H23ClF2N8. The summed E-state index contributed by atoms with van der Waals surface area (Å²) in [5.74, 6) is 0.431. The highest BCUT2D eigenvalue weighted by molar-refractivity contribution is 6.29. The Morgan fingerprint density at radius 2 is 1.82 bits per heavy atom. The van der Waals surface area contributed by atoms with Crippen LogP contribution in [0.5, 0.6) is 0 Å². The first-order valence-corrected chi connectivity index (χ1v) is 11.6. The van der Waals surface area contributed by atoms with Crippen molar-refractivity contribution in [1.82, 2.24) is 25.0 Å². The van der Waals surface area contributed by atoms with E-state index >= 15 is 0 Å². The summed E-state index contributed by atoms with van der Waals surface area (Å²) in [6, 6.07) is 6.08. The van der Waals surface area contributed by atoms with Crippen molar-refractivity contribution in [3.05, 3.63) is 47.2 Å². The van der Waals surface area contributed by atoms with E-state index in [1.54, 1.807) is 12.3 Å². The van der Waals surface area contributed by atoms with Crippen LogP contribution in [0.4, 0.5) is 32.1 Å². The Labute approximate surface area is 194 Å². The second-order valence-electron chi connectivity index (χ2n) is 8.97. The van der Waals surface area contributed by atoms with Gasteiger partial charge in [0.2, 0.25) is 11.9 Å². The number of fused-ring (bicyclic) bond motifs is 3. The molecule has 1 saturated heterocycles. The van der Waals surface area contributed by atoms with Gasteiger partial charge in [0, 0.05) is 50.0 Å². The number of nitrogens with zero attached hydrogens (tertiary/aromatic N) is 7. The maximum absolute atomic E-state index is 13.8. The number of aryl methyl sites for hydroxylation is 1. The average Bonchev–Trinajstić information content (AvgIpc) is 3.31. The molecule has 2 aliphatic heterocycles. The van der Waals surface area contributed by atoms with Gasteiger partial charge >= 0.3 is 0 Å². The standard InChI is InChI=1S/C22H23ClF2N8/c23-19-9-16(10-26-29-19)31-11-13-2-3-14(12-31)20(13)27-21-28-22-32(6-1-7-33(22)30-21)15-4-5-17(24)18(25)8-15/h4-5,8-10,13-14,20H,1-3,6-7,11-12H2,(H,27,30)/t13-,14+,20-. The van der Waals surface area contributed by atoms with Gasteiger partial charge in [0.25, 0.3) is 0 Å². The van der Waals surface area contributed by atoms with Crippen molar-refractivity contribution >= 4 is 34.9 Å². The van der Waals surface area contributed by atoms with Gasteiger partial charge in [-0.25, -0.2) is 13.5 Å². The van der Waals surface area contributed by atoms with Crippen LogP contribution in [0.2, 0.25) is 5.15 Å². The van der Waals surface area contributed by atoms with Gasteiger partial charge in [-0.1, -0.05) is 11.6 Å². The smallest absolute Gasteiger partial charge is 0.244 e. The first kappa shape index (κ1) is 20.6. The van der Waals surface area contributed by atoms with Crippen molar-refractivity contribution in [2.24, 2.45) is 11.8 Å².